The quantitative estimate of drug-likeness (QED) is 0.728. The summed E-state index contributed by atoms with van der Waals surface area (Å²) in [5.41, 5.74) is 1.89. The standard InChI is InChI=1S/C24H28N2O2/c1-25(18-26-21(27)17-24(23(26)28)15-9-4-10-16-24)22(19-11-5-2-6-12-19)20-13-7-3-8-14-20/h2-3,5-8,11-14,22H,4,9-10,15-18H2,1H3. The van der Waals surface area contributed by atoms with E-state index < -0.39 is 5.41 Å². The first kappa shape index (κ1) is 18.9. The molecule has 2 fully saturated rings. The average molecular weight is 376 g/mol. The van der Waals surface area contributed by atoms with Crippen molar-refractivity contribution in [3.63, 3.8) is 0 Å². The van der Waals surface area contributed by atoms with Crippen molar-refractivity contribution in [2.75, 3.05) is 13.7 Å². The SMILES string of the molecule is CN(CN1C(=O)CC2(CCCCC2)C1=O)C(c1ccccc1)c1ccccc1. The zero-order chi connectivity index (χ0) is 19.6. The Morgan fingerprint density at radius 3 is 1.96 bits per heavy atom. The second-order valence-electron chi connectivity index (χ2n) is 8.27. The molecule has 146 valence electrons. The minimum absolute atomic E-state index is 0.00842. The summed E-state index contributed by atoms with van der Waals surface area (Å²) in [6, 6.07) is 20.5. The first-order valence-corrected chi connectivity index (χ1v) is 10.3. The third-order valence-electron chi connectivity index (χ3n) is 6.34. The molecule has 2 aromatic rings. The summed E-state index contributed by atoms with van der Waals surface area (Å²) in [5.74, 6) is 0.0301. The molecule has 1 saturated heterocycles. The minimum atomic E-state index is -0.425. The number of rotatable bonds is 5. The van der Waals surface area contributed by atoms with Gasteiger partial charge in [0.05, 0.1) is 18.1 Å². The summed E-state index contributed by atoms with van der Waals surface area (Å²) in [6.07, 6.45) is 5.39. The highest BCUT2D eigenvalue weighted by Crippen LogP contribution is 2.45. The van der Waals surface area contributed by atoms with E-state index in [1.165, 1.54) is 11.3 Å². The molecule has 1 saturated carbocycles. The molecule has 0 unspecified atom stereocenters. The molecule has 0 atom stereocenters. The third kappa shape index (κ3) is 3.49. The highest BCUT2D eigenvalue weighted by atomic mass is 16.2. The van der Waals surface area contributed by atoms with Gasteiger partial charge in [0, 0.05) is 6.42 Å². The van der Waals surface area contributed by atoms with E-state index in [4.69, 9.17) is 0 Å². The molecule has 0 aromatic heterocycles. The fourth-order valence-corrected chi connectivity index (χ4v) is 4.90. The number of hydrogen-bond acceptors (Lipinski definition) is 3. The molecule has 2 amide bonds. The van der Waals surface area contributed by atoms with E-state index in [1.54, 1.807) is 0 Å². The van der Waals surface area contributed by atoms with Gasteiger partial charge in [0.1, 0.15) is 0 Å². The smallest absolute Gasteiger partial charge is 0.237 e. The normalized spacial score (nSPS) is 19.2. The number of likely N-dealkylation sites (tertiary alicyclic amines) is 1. The number of imide groups is 1. The van der Waals surface area contributed by atoms with Crippen molar-refractivity contribution in [2.45, 2.75) is 44.6 Å². The predicted octanol–water partition coefficient (Wildman–Crippen LogP) is 4.37. The zero-order valence-corrected chi connectivity index (χ0v) is 16.5. The van der Waals surface area contributed by atoms with Crippen LogP contribution in [0.4, 0.5) is 0 Å². The molecule has 4 nitrogen and oxygen atoms in total. The first-order chi connectivity index (χ1) is 13.6. The Hall–Kier alpha value is -2.46. The first-order valence-electron chi connectivity index (χ1n) is 10.3. The van der Waals surface area contributed by atoms with Crippen molar-refractivity contribution in [2.24, 2.45) is 5.41 Å². The molecule has 0 radical (unpaired) electrons. The Morgan fingerprint density at radius 1 is 0.893 bits per heavy atom. The highest BCUT2D eigenvalue weighted by molar-refractivity contribution is 6.05. The van der Waals surface area contributed by atoms with Gasteiger partial charge in [-0.25, -0.2) is 0 Å². The maximum absolute atomic E-state index is 13.2. The number of benzene rings is 2. The average Bonchev–Trinajstić information content (AvgIpc) is 2.94. The summed E-state index contributed by atoms with van der Waals surface area (Å²) in [5, 5.41) is 0. The lowest BCUT2D eigenvalue weighted by Crippen LogP contribution is -2.43. The largest absolute Gasteiger partial charge is 0.277 e. The Kier molecular flexibility index (Phi) is 5.31. The Labute approximate surface area is 167 Å². The van der Waals surface area contributed by atoms with Gasteiger partial charge >= 0.3 is 0 Å². The van der Waals surface area contributed by atoms with Crippen molar-refractivity contribution < 1.29 is 9.59 Å². The highest BCUT2D eigenvalue weighted by Gasteiger charge is 2.51. The predicted molar refractivity (Wildman–Crippen MR) is 109 cm³/mol. The van der Waals surface area contributed by atoms with Gasteiger partial charge < -0.3 is 0 Å². The van der Waals surface area contributed by atoms with Crippen LogP contribution in [-0.4, -0.2) is 35.3 Å². The van der Waals surface area contributed by atoms with Gasteiger partial charge in [-0.15, -0.1) is 0 Å². The van der Waals surface area contributed by atoms with Crippen molar-refractivity contribution in [1.82, 2.24) is 9.80 Å². The number of carbonyl (C=O) groups excluding carboxylic acids is 2. The van der Waals surface area contributed by atoms with Gasteiger partial charge in [-0.05, 0) is 31.0 Å². The van der Waals surface area contributed by atoms with Gasteiger partial charge in [-0.1, -0.05) is 79.9 Å². The molecular weight excluding hydrogens is 348 g/mol. The monoisotopic (exact) mass is 376 g/mol. The fourth-order valence-electron chi connectivity index (χ4n) is 4.90. The van der Waals surface area contributed by atoms with Gasteiger partial charge in [-0.2, -0.15) is 0 Å². The molecule has 2 aromatic carbocycles. The summed E-state index contributed by atoms with van der Waals surface area (Å²) < 4.78 is 0. The summed E-state index contributed by atoms with van der Waals surface area (Å²) in [7, 11) is 2.00. The second kappa shape index (κ2) is 7.88. The summed E-state index contributed by atoms with van der Waals surface area (Å²) in [4.78, 5) is 29.6. The van der Waals surface area contributed by atoms with Crippen LogP contribution in [0, 0.1) is 5.41 Å². The molecule has 28 heavy (non-hydrogen) atoms. The number of carbonyl (C=O) groups is 2. The Bertz CT molecular complexity index is 789. The van der Waals surface area contributed by atoms with Crippen LogP contribution in [0.5, 0.6) is 0 Å². The molecule has 1 spiro atoms. The van der Waals surface area contributed by atoms with Gasteiger partial charge in [0.15, 0.2) is 0 Å². The molecule has 0 bridgehead atoms. The lowest BCUT2D eigenvalue weighted by molar-refractivity contribution is -0.144. The van der Waals surface area contributed by atoms with E-state index in [9.17, 15) is 9.59 Å². The van der Waals surface area contributed by atoms with Gasteiger partial charge in [0.25, 0.3) is 0 Å². The molecule has 1 aliphatic carbocycles. The van der Waals surface area contributed by atoms with Crippen molar-refractivity contribution in [3.8, 4) is 0 Å². The Morgan fingerprint density at radius 2 is 1.43 bits per heavy atom. The maximum Gasteiger partial charge on any atom is 0.237 e. The van der Waals surface area contributed by atoms with Crippen LogP contribution in [0.25, 0.3) is 0 Å². The maximum atomic E-state index is 13.2. The molecule has 1 heterocycles. The van der Waals surface area contributed by atoms with E-state index in [-0.39, 0.29) is 17.9 Å². The van der Waals surface area contributed by atoms with Crippen LogP contribution in [0.2, 0.25) is 0 Å². The van der Waals surface area contributed by atoms with E-state index >= 15 is 0 Å². The summed E-state index contributed by atoms with van der Waals surface area (Å²) in [6.45, 7) is 0.327. The topological polar surface area (TPSA) is 40.6 Å². The Balaban J connectivity index is 1.59. The van der Waals surface area contributed by atoms with Crippen molar-refractivity contribution in [3.05, 3.63) is 71.8 Å². The van der Waals surface area contributed by atoms with E-state index in [1.807, 2.05) is 43.4 Å². The number of nitrogens with zero attached hydrogens (tertiary/aromatic N) is 2. The zero-order valence-electron chi connectivity index (χ0n) is 16.5. The molecule has 0 N–H and O–H groups in total. The summed E-state index contributed by atoms with van der Waals surface area (Å²) >= 11 is 0. The molecule has 4 rings (SSSR count). The molecule has 1 aliphatic heterocycles. The van der Waals surface area contributed by atoms with Crippen LogP contribution in [0.1, 0.15) is 55.7 Å². The van der Waals surface area contributed by atoms with E-state index in [2.05, 4.69) is 29.2 Å². The third-order valence-corrected chi connectivity index (χ3v) is 6.34. The van der Waals surface area contributed by atoms with Crippen molar-refractivity contribution in [1.29, 1.82) is 0 Å². The van der Waals surface area contributed by atoms with E-state index in [0.29, 0.717) is 13.1 Å². The molecular formula is C24H28N2O2. The van der Waals surface area contributed by atoms with Crippen LogP contribution in [0.15, 0.2) is 60.7 Å². The van der Waals surface area contributed by atoms with Crippen LogP contribution in [-0.2, 0) is 9.59 Å². The van der Waals surface area contributed by atoms with Crippen LogP contribution >= 0.6 is 0 Å². The minimum Gasteiger partial charge on any atom is -0.277 e. The fraction of sp³-hybridized carbons (Fsp3) is 0.417. The number of amides is 2. The van der Waals surface area contributed by atoms with Crippen molar-refractivity contribution >= 4 is 11.8 Å². The lowest BCUT2D eigenvalue weighted by Gasteiger charge is -2.34. The molecule has 4 heteroatoms. The lowest BCUT2D eigenvalue weighted by atomic mass is 9.73. The van der Waals surface area contributed by atoms with Gasteiger partial charge in [0.2, 0.25) is 11.8 Å². The molecule has 2 aliphatic rings. The van der Waals surface area contributed by atoms with E-state index in [0.717, 1.165) is 36.8 Å². The van der Waals surface area contributed by atoms with Crippen LogP contribution in [0.3, 0.4) is 0 Å². The van der Waals surface area contributed by atoms with Gasteiger partial charge in [-0.3, -0.25) is 19.4 Å². The second-order valence-corrected chi connectivity index (χ2v) is 8.27. The number of hydrogen-bond donors (Lipinski definition) is 0. The van der Waals surface area contributed by atoms with Crippen LogP contribution < -0.4 is 0 Å².